The Balaban J connectivity index is 1.55. The Morgan fingerprint density at radius 1 is 1.26 bits per heavy atom. The van der Waals surface area contributed by atoms with Gasteiger partial charge in [0.1, 0.15) is 5.75 Å². The van der Waals surface area contributed by atoms with Crippen LogP contribution >= 0.6 is 0 Å². The maximum Gasteiger partial charge on any atom is 0.242 e. The molecule has 7 nitrogen and oxygen atoms in total. The number of benzene rings is 1. The number of carbonyl (C=O) groups excluding carboxylic acids is 2. The van der Waals surface area contributed by atoms with Crippen molar-refractivity contribution in [2.45, 2.75) is 19.0 Å². The van der Waals surface area contributed by atoms with Gasteiger partial charge >= 0.3 is 0 Å². The van der Waals surface area contributed by atoms with Crippen LogP contribution in [-0.2, 0) is 16.1 Å². The lowest BCUT2D eigenvalue weighted by molar-refractivity contribution is -0.136. The second-order valence-electron chi connectivity index (χ2n) is 7.62. The maximum absolute atomic E-state index is 12.6. The van der Waals surface area contributed by atoms with Crippen LogP contribution in [0.1, 0.15) is 12.0 Å². The highest BCUT2D eigenvalue weighted by Gasteiger charge is 2.42. The summed E-state index contributed by atoms with van der Waals surface area (Å²) in [5.74, 6) is 0.835. The highest BCUT2D eigenvalue weighted by Crippen LogP contribution is 2.29. The number of nitrogens with zero attached hydrogens (tertiary/aromatic N) is 3. The van der Waals surface area contributed by atoms with Crippen LogP contribution in [0.5, 0.6) is 5.75 Å². The Morgan fingerprint density at radius 3 is 2.85 bits per heavy atom. The number of aromatic amines is 1. The fraction of sp³-hybridized carbons (Fsp3) is 0.500. The number of H-pyrrole nitrogens is 1. The number of carbonyl (C=O) groups is 2. The molecule has 2 aliphatic heterocycles. The molecule has 2 fully saturated rings. The van der Waals surface area contributed by atoms with E-state index >= 15 is 0 Å². The quantitative estimate of drug-likeness (QED) is 0.884. The van der Waals surface area contributed by atoms with Crippen LogP contribution in [0.25, 0.3) is 10.9 Å². The van der Waals surface area contributed by atoms with Crippen LogP contribution in [0.3, 0.4) is 0 Å². The molecular weight excluding hydrogens is 344 g/mol. The Kier molecular flexibility index (Phi) is 4.55. The van der Waals surface area contributed by atoms with Gasteiger partial charge in [-0.05, 0) is 36.7 Å². The summed E-state index contributed by atoms with van der Waals surface area (Å²) in [4.78, 5) is 34.0. The standard InChI is InChI=1S/C20H26N4O3/c1-22-12-19(25)23(2)18-11-24(7-6-15(18)20(22)26)10-13-9-21-17-5-4-14(27-3)8-16(13)17/h4-5,8-9,15,18,21H,6-7,10-12H2,1-3H3/t15-,18+/m0/s1. The summed E-state index contributed by atoms with van der Waals surface area (Å²) >= 11 is 0. The van der Waals surface area contributed by atoms with Crippen molar-refractivity contribution in [3.8, 4) is 5.75 Å². The second-order valence-corrected chi connectivity index (χ2v) is 7.62. The number of amides is 2. The number of likely N-dealkylation sites (tertiary alicyclic amines) is 1. The zero-order valence-corrected chi connectivity index (χ0v) is 16.1. The summed E-state index contributed by atoms with van der Waals surface area (Å²) in [6.07, 6.45) is 2.81. The average molecular weight is 370 g/mol. The van der Waals surface area contributed by atoms with Crippen molar-refractivity contribution >= 4 is 22.7 Å². The van der Waals surface area contributed by atoms with Crippen LogP contribution in [-0.4, -0.2) is 78.4 Å². The van der Waals surface area contributed by atoms with E-state index in [2.05, 4.69) is 9.88 Å². The molecule has 0 spiro atoms. The number of piperidine rings is 1. The van der Waals surface area contributed by atoms with Crippen LogP contribution < -0.4 is 4.74 Å². The number of methoxy groups -OCH3 is 1. The van der Waals surface area contributed by atoms with E-state index in [1.165, 1.54) is 5.56 Å². The minimum Gasteiger partial charge on any atom is -0.497 e. The van der Waals surface area contributed by atoms with Gasteiger partial charge in [-0.2, -0.15) is 0 Å². The van der Waals surface area contributed by atoms with Gasteiger partial charge in [-0.3, -0.25) is 14.5 Å². The third-order valence-corrected chi connectivity index (χ3v) is 5.99. The highest BCUT2D eigenvalue weighted by molar-refractivity contribution is 5.89. The normalized spacial score (nSPS) is 24.3. The van der Waals surface area contributed by atoms with E-state index in [9.17, 15) is 9.59 Å². The van der Waals surface area contributed by atoms with E-state index in [-0.39, 0.29) is 30.3 Å². The molecule has 144 valence electrons. The van der Waals surface area contributed by atoms with Gasteiger partial charge in [0.05, 0.1) is 25.6 Å². The Morgan fingerprint density at radius 2 is 2.07 bits per heavy atom. The zero-order valence-electron chi connectivity index (χ0n) is 16.1. The van der Waals surface area contributed by atoms with Gasteiger partial charge in [0.2, 0.25) is 11.8 Å². The van der Waals surface area contributed by atoms with Crippen molar-refractivity contribution in [3.05, 3.63) is 30.0 Å². The topological polar surface area (TPSA) is 68.9 Å². The molecule has 2 aliphatic rings. The molecule has 2 atom stereocenters. The van der Waals surface area contributed by atoms with Crippen molar-refractivity contribution in [2.75, 3.05) is 40.8 Å². The van der Waals surface area contributed by atoms with Crippen LogP contribution in [0.15, 0.2) is 24.4 Å². The molecule has 1 N–H and O–H groups in total. The molecule has 0 bridgehead atoms. The summed E-state index contributed by atoms with van der Waals surface area (Å²) in [7, 11) is 5.22. The number of ether oxygens (including phenoxy) is 1. The number of hydrogen-bond acceptors (Lipinski definition) is 4. The summed E-state index contributed by atoms with van der Waals surface area (Å²) in [5, 5.41) is 1.15. The van der Waals surface area contributed by atoms with E-state index in [4.69, 9.17) is 4.74 Å². The molecule has 2 amide bonds. The molecule has 0 unspecified atom stereocenters. The van der Waals surface area contributed by atoms with Gasteiger partial charge in [-0.1, -0.05) is 0 Å². The minimum absolute atomic E-state index is 0.0111. The summed E-state index contributed by atoms with van der Waals surface area (Å²) < 4.78 is 5.36. The van der Waals surface area contributed by atoms with Crippen molar-refractivity contribution in [1.82, 2.24) is 19.7 Å². The van der Waals surface area contributed by atoms with Gasteiger partial charge < -0.3 is 19.5 Å². The van der Waals surface area contributed by atoms with Gasteiger partial charge in [0.25, 0.3) is 0 Å². The summed E-state index contributed by atoms with van der Waals surface area (Å²) in [6.45, 7) is 2.51. The summed E-state index contributed by atoms with van der Waals surface area (Å²) in [6, 6.07) is 5.95. The molecule has 2 aromatic rings. The van der Waals surface area contributed by atoms with E-state index in [0.717, 1.165) is 36.2 Å². The third kappa shape index (κ3) is 3.16. The lowest BCUT2D eigenvalue weighted by Gasteiger charge is -2.40. The second kappa shape index (κ2) is 6.88. The Labute approximate surface area is 158 Å². The van der Waals surface area contributed by atoms with Crippen molar-refractivity contribution in [2.24, 2.45) is 5.92 Å². The third-order valence-electron chi connectivity index (χ3n) is 5.99. The number of nitrogens with one attached hydrogen (secondary N) is 1. The van der Waals surface area contributed by atoms with E-state index < -0.39 is 0 Å². The molecule has 1 aromatic heterocycles. The largest absolute Gasteiger partial charge is 0.497 e. The number of hydrogen-bond donors (Lipinski definition) is 1. The molecule has 0 radical (unpaired) electrons. The number of fused-ring (bicyclic) bond motifs is 2. The van der Waals surface area contributed by atoms with Crippen LogP contribution in [0, 0.1) is 5.92 Å². The smallest absolute Gasteiger partial charge is 0.242 e. The zero-order chi connectivity index (χ0) is 19.1. The molecule has 7 heteroatoms. The predicted octanol–water partition coefficient (Wildman–Crippen LogP) is 1.30. The lowest BCUT2D eigenvalue weighted by Crippen LogP contribution is -2.53. The first-order chi connectivity index (χ1) is 13.0. The van der Waals surface area contributed by atoms with Gasteiger partial charge in [0, 0.05) is 44.3 Å². The molecule has 2 saturated heterocycles. The van der Waals surface area contributed by atoms with Crippen LogP contribution in [0.2, 0.25) is 0 Å². The molecule has 3 heterocycles. The van der Waals surface area contributed by atoms with Crippen molar-refractivity contribution in [3.63, 3.8) is 0 Å². The molecule has 4 rings (SSSR count). The molecule has 0 saturated carbocycles. The first-order valence-corrected chi connectivity index (χ1v) is 9.35. The average Bonchev–Trinajstić information content (AvgIpc) is 3.05. The molecule has 1 aromatic carbocycles. The number of rotatable bonds is 3. The predicted molar refractivity (Wildman–Crippen MR) is 102 cm³/mol. The molecular formula is C20H26N4O3. The first-order valence-electron chi connectivity index (χ1n) is 9.35. The Bertz CT molecular complexity index is 877. The van der Waals surface area contributed by atoms with E-state index in [1.807, 2.05) is 31.4 Å². The highest BCUT2D eigenvalue weighted by atomic mass is 16.5. The van der Waals surface area contributed by atoms with Gasteiger partial charge in [-0.15, -0.1) is 0 Å². The Hall–Kier alpha value is -2.54. The van der Waals surface area contributed by atoms with Gasteiger partial charge in [0.15, 0.2) is 0 Å². The fourth-order valence-corrected chi connectivity index (χ4v) is 4.34. The van der Waals surface area contributed by atoms with E-state index in [1.54, 1.807) is 24.0 Å². The monoisotopic (exact) mass is 370 g/mol. The first kappa shape index (κ1) is 17.9. The van der Waals surface area contributed by atoms with E-state index in [0.29, 0.717) is 6.54 Å². The van der Waals surface area contributed by atoms with Crippen molar-refractivity contribution < 1.29 is 14.3 Å². The van der Waals surface area contributed by atoms with Crippen LogP contribution in [0.4, 0.5) is 0 Å². The molecule has 27 heavy (non-hydrogen) atoms. The SMILES string of the molecule is COc1ccc2[nH]cc(CN3CC[C@@H]4C(=O)N(C)CC(=O)N(C)[C@@H]4C3)c2c1. The minimum atomic E-state index is -0.106. The van der Waals surface area contributed by atoms with Gasteiger partial charge in [-0.25, -0.2) is 0 Å². The summed E-state index contributed by atoms with van der Waals surface area (Å²) in [5.41, 5.74) is 2.28. The van der Waals surface area contributed by atoms with Crippen molar-refractivity contribution in [1.29, 1.82) is 0 Å². The lowest BCUT2D eigenvalue weighted by atomic mass is 9.89. The maximum atomic E-state index is 12.6. The number of likely N-dealkylation sites (N-methyl/N-ethyl adjacent to an activating group) is 2. The number of aromatic nitrogens is 1. The fourth-order valence-electron chi connectivity index (χ4n) is 4.34. The molecule has 0 aliphatic carbocycles.